The van der Waals surface area contributed by atoms with Crippen molar-refractivity contribution in [3.8, 4) is 0 Å². The fourth-order valence-electron chi connectivity index (χ4n) is 2.06. The molecule has 0 saturated carbocycles. The molecule has 0 aromatic carbocycles. The summed E-state index contributed by atoms with van der Waals surface area (Å²) in [6.07, 6.45) is 6.03. The fraction of sp³-hybridized carbons (Fsp3) is 0.444. The van der Waals surface area contributed by atoms with E-state index in [4.69, 9.17) is 21.4 Å². The number of nitrogens with two attached hydrogens (primary N) is 2. The molecule has 0 atom stereocenters. The van der Waals surface area contributed by atoms with E-state index in [0.29, 0.717) is 30.5 Å². The van der Waals surface area contributed by atoms with Crippen LogP contribution >= 0.6 is 0 Å². The highest BCUT2D eigenvalue weighted by molar-refractivity contribution is 6.03. The predicted octanol–water partition coefficient (Wildman–Crippen LogP) is 1.11. The van der Waals surface area contributed by atoms with Crippen molar-refractivity contribution in [2.75, 3.05) is 20.1 Å². The first kappa shape index (κ1) is 22.9. The molecule has 1 amide bonds. The average molecular weight is 390 g/mol. The number of hydrogen-bond acceptors (Lipinski definition) is 6. The summed E-state index contributed by atoms with van der Waals surface area (Å²) in [5.41, 5.74) is 7.27. The van der Waals surface area contributed by atoms with Crippen LogP contribution in [0.1, 0.15) is 42.9 Å². The maximum atomic E-state index is 12.2. The number of aryl methyl sites for hydroxylation is 2. The molecule has 0 aliphatic carbocycles. The minimum atomic E-state index is -0.551. The van der Waals surface area contributed by atoms with Crippen molar-refractivity contribution >= 4 is 17.8 Å². The third kappa shape index (κ3) is 6.88. The smallest absolute Gasteiger partial charge is 0.295 e. The molecule has 28 heavy (non-hydrogen) atoms. The Bertz CT molecular complexity index is 779. The molecular weight excluding hydrogens is 360 g/mol. The Labute approximate surface area is 165 Å². The second-order valence-electron chi connectivity index (χ2n) is 6.07. The Balaban J connectivity index is 2.53. The van der Waals surface area contributed by atoms with Crippen LogP contribution in [0.15, 0.2) is 33.3 Å². The van der Waals surface area contributed by atoms with Crippen molar-refractivity contribution in [2.24, 2.45) is 16.6 Å². The van der Waals surface area contributed by atoms with Crippen LogP contribution in [0.4, 0.5) is 0 Å². The highest BCUT2D eigenvalue weighted by Gasteiger charge is 2.19. The first-order valence-electron chi connectivity index (χ1n) is 8.91. The van der Waals surface area contributed by atoms with Crippen molar-refractivity contribution in [1.29, 1.82) is 5.41 Å². The fourth-order valence-corrected chi connectivity index (χ4v) is 2.06. The first-order valence-corrected chi connectivity index (χ1v) is 8.91. The van der Waals surface area contributed by atoms with E-state index in [1.54, 1.807) is 17.9 Å². The highest BCUT2D eigenvalue weighted by atomic mass is 16.4. The molecule has 10 nitrogen and oxygen atoms in total. The molecule has 1 aromatic heterocycles. The SMILES string of the molecule is C/C=C(\C)N=C(N)N(C)C/C=C/CN(N)C(=N)NC(=O)c1oc(C)nc1CC. The lowest BCUT2D eigenvalue weighted by Crippen LogP contribution is -2.47. The van der Waals surface area contributed by atoms with Crippen LogP contribution in [0.25, 0.3) is 0 Å². The van der Waals surface area contributed by atoms with Crippen LogP contribution in [0, 0.1) is 12.3 Å². The number of hydrogen-bond donors (Lipinski definition) is 4. The molecule has 0 spiro atoms. The third-order valence-corrected chi connectivity index (χ3v) is 3.81. The quantitative estimate of drug-likeness (QED) is 0.179. The molecular formula is C18H30N8O2. The third-order valence-electron chi connectivity index (χ3n) is 3.81. The zero-order valence-corrected chi connectivity index (χ0v) is 17.1. The number of carbonyl (C=O) groups excluding carboxylic acids is 1. The number of carbonyl (C=O) groups is 1. The molecule has 0 aliphatic heterocycles. The first-order chi connectivity index (χ1) is 13.2. The van der Waals surface area contributed by atoms with Crippen LogP contribution in [-0.4, -0.2) is 52.9 Å². The molecule has 154 valence electrons. The Morgan fingerprint density at radius 3 is 2.64 bits per heavy atom. The zero-order valence-electron chi connectivity index (χ0n) is 17.1. The molecule has 0 unspecified atom stereocenters. The Morgan fingerprint density at radius 2 is 2.04 bits per heavy atom. The molecule has 0 saturated heterocycles. The van der Waals surface area contributed by atoms with Gasteiger partial charge in [0.25, 0.3) is 5.91 Å². The van der Waals surface area contributed by atoms with Crippen LogP contribution in [0.2, 0.25) is 0 Å². The number of aromatic nitrogens is 1. The topological polar surface area (TPSA) is 150 Å². The second kappa shape index (κ2) is 10.9. The maximum Gasteiger partial charge on any atom is 0.295 e. The number of guanidine groups is 2. The number of oxazole rings is 1. The van der Waals surface area contributed by atoms with E-state index < -0.39 is 5.91 Å². The van der Waals surface area contributed by atoms with Crippen molar-refractivity contribution in [1.82, 2.24) is 20.2 Å². The molecule has 0 radical (unpaired) electrons. The van der Waals surface area contributed by atoms with Gasteiger partial charge in [-0.2, -0.15) is 0 Å². The number of nitrogens with zero attached hydrogens (tertiary/aromatic N) is 4. The number of likely N-dealkylation sites (N-methyl/N-ethyl adjacent to an activating group) is 1. The summed E-state index contributed by atoms with van der Waals surface area (Å²) >= 11 is 0. The van der Waals surface area contributed by atoms with Gasteiger partial charge in [0, 0.05) is 26.2 Å². The number of nitrogens with one attached hydrogen (secondary N) is 2. The normalized spacial score (nSPS) is 12.4. The Kier molecular flexibility index (Phi) is 8.89. The highest BCUT2D eigenvalue weighted by Crippen LogP contribution is 2.11. The van der Waals surface area contributed by atoms with Gasteiger partial charge in [-0.3, -0.25) is 20.5 Å². The summed E-state index contributed by atoms with van der Waals surface area (Å²) in [6.45, 7) is 8.04. The van der Waals surface area contributed by atoms with Crippen LogP contribution in [0.3, 0.4) is 0 Å². The number of aliphatic imine (C=N–C) groups is 1. The number of amides is 1. The van der Waals surface area contributed by atoms with Crippen molar-refractivity contribution in [3.63, 3.8) is 0 Å². The lowest BCUT2D eigenvalue weighted by Gasteiger charge is -2.18. The van der Waals surface area contributed by atoms with E-state index in [-0.39, 0.29) is 18.3 Å². The summed E-state index contributed by atoms with van der Waals surface area (Å²) < 4.78 is 5.31. The molecule has 1 heterocycles. The molecule has 0 bridgehead atoms. The standard InChI is InChI=1S/C18H30N8O2/c1-6-12(3)22-17(19)25(5)10-8-9-11-26(21)18(20)24-16(27)15-14(7-2)23-13(4)28-15/h6,8-9H,7,10-11,21H2,1-5H3,(H2,19,22)(H2,20,24,27)/b9-8+,12-6+. The summed E-state index contributed by atoms with van der Waals surface area (Å²) in [4.78, 5) is 22.4. The van der Waals surface area contributed by atoms with E-state index in [2.05, 4.69) is 15.3 Å². The van der Waals surface area contributed by atoms with Crippen LogP contribution < -0.4 is 16.9 Å². The number of allylic oxidation sites excluding steroid dienone is 2. The summed E-state index contributed by atoms with van der Waals surface area (Å²) in [6, 6.07) is 0. The molecule has 1 aromatic rings. The van der Waals surface area contributed by atoms with Gasteiger partial charge in [0.05, 0.1) is 12.2 Å². The van der Waals surface area contributed by atoms with E-state index in [1.165, 1.54) is 0 Å². The number of rotatable bonds is 7. The van der Waals surface area contributed by atoms with Gasteiger partial charge in [0.1, 0.15) is 0 Å². The summed E-state index contributed by atoms with van der Waals surface area (Å²) in [5, 5.41) is 11.4. The van der Waals surface area contributed by atoms with Crippen molar-refractivity contribution < 1.29 is 9.21 Å². The van der Waals surface area contributed by atoms with Crippen LogP contribution in [0.5, 0.6) is 0 Å². The zero-order chi connectivity index (χ0) is 21.3. The molecule has 0 fully saturated rings. The van der Waals surface area contributed by atoms with Crippen LogP contribution in [-0.2, 0) is 6.42 Å². The second-order valence-corrected chi connectivity index (χ2v) is 6.07. The van der Waals surface area contributed by atoms with E-state index in [0.717, 1.165) is 10.7 Å². The maximum absolute atomic E-state index is 12.2. The average Bonchev–Trinajstić information content (AvgIpc) is 3.05. The van der Waals surface area contributed by atoms with Gasteiger partial charge in [0.2, 0.25) is 11.7 Å². The summed E-state index contributed by atoms with van der Waals surface area (Å²) in [5.74, 6) is 5.91. The Morgan fingerprint density at radius 1 is 1.39 bits per heavy atom. The predicted molar refractivity (Wildman–Crippen MR) is 110 cm³/mol. The van der Waals surface area contributed by atoms with Gasteiger partial charge in [-0.1, -0.05) is 25.2 Å². The summed E-state index contributed by atoms with van der Waals surface area (Å²) in [7, 11) is 1.82. The van der Waals surface area contributed by atoms with E-state index >= 15 is 0 Å². The van der Waals surface area contributed by atoms with Gasteiger partial charge in [-0.15, -0.1) is 0 Å². The van der Waals surface area contributed by atoms with Crippen molar-refractivity contribution in [3.05, 3.63) is 41.3 Å². The monoisotopic (exact) mass is 390 g/mol. The minimum absolute atomic E-state index is 0.0986. The molecule has 10 heteroatoms. The van der Waals surface area contributed by atoms with Gasteiger partial charge in [0.15, 0.2) is 11.9 Å². The van der Waals surface area contributed by atoms with Crippen molar-refractivity contribution in [2.45, 2.75) is 34.1 Å². The largest absolute Gasteiger partial charge is 0.436 e. The Hall–Kier alpha value is -3.14. The minimum Gasteiger partial charge on any atom is -0.436 e. The van der Waals surface area contributed by atoms with Gasteiger partial charge in [-0.25, -0.2) is 15.8 Å². The van der Waals surface area contributed by atoms with E-state index in [9.17, 15) is 4.79 Å². The number of hydrazine groups is 1. The van der Waals surface area contributed by atoms with Gasteiger partial charge in [-0.05, 0) is 20.3 Å². The van der Waals surface area contributed by atoms with Gasteiger partial charge < -0.3 is 15.1 Å². The van der Waals surface area contributed by atoms with E-state index in [1.807, 2.05) is 40.0 Å². The molecule has 6 N–H and O–H groups in total. The molecule has 1 rings (SSSR count). The lowest BCUT2D eigenvalue weighted by molar-refractivity contribution is 0.0942. The lowest BCUT2D eigenvalue weighted by atomic mass is 10.2. The molecule has 0 aliphatic rings. The van der Waals surface area contributed by atoms with Gasteiger partial charge >= 0.3 is 0 Å².